The highest BCUT2D eigenvalue weighted by Crippen LogP contribution is 2.51. The molecule has 1 amide bonds. The average Bonchev–Trinajstić information content (AvgIpc) is 3.30. The number of rotatable bonds is 6. The van der Waals surface area contributed by atoms with E-state index >= 15 is 0 Å². The van der Waals surface area contributed by atoms with Crippen LogP contribution in [0, 0.1) is 11.8 Å². The molecule has 0 spiro atoms. The van der Waals surface area contributed by atoms with Crippen LogP contribution in [-0.4, -0.2) is 81.5 Å². The number of nitrogens with one attached hydrogen (secondary N) is 1. The predicted octanol–water partition coefficient (Wildman–Crippen LogP) is 0.700. The summed E-state index contributed by atoms with van der Waals surface area (Å²) in [5, 5.41) is 23.6. The number of carbonyl (C=O) groups is 2. The van der Waals surface area contributed by atoms with Crippen molar-refractivity contribution in [1.29, 1.82) is 0 Å². The molecule has 7 nitrogen and oxygen atoms in total. The van der Waals surface area contributed by atoms with Gasteiger partial charge in [0.15, 0.2) is 0 Å². The highest BCUT2D eigenvalue weighted by molar-refractivity contribution is 8.03. The van der Waals surface area contributed by atoms with Crippen molar-refractivity contribution in [2.24, 2.45) is 11.8 Å². The first kappa shape index (κ1) is 19.2. The van der Waals surface area contributed by atoms with E-state index < -0.39 is 18.0 Å². The van der Waals surface area contributed by atoms with Gasteiger partial charge < -0.3 is 25.3 Å². The Bertz CT molecular complexity index is 661. The van der Waals surface area contributed by atoms with Gasteiger partial charge in [0.2, 0.25) is 5.91 Å². The number of carboxylic acid groups (broad SMARTS) is 1. The van der Waals surface area contributed by atoms with Crippen molar-refractivity contribution in [3.8, 4) is 0 Å². The number of carbonyl (C=O) groups excluding carboxylic acids is 1. The van der Waals surface area contributed by atoms with Gasteiger partial charge in [-0.1, -0.05) is 6.92 Å². The standard InChI is InChI=1S/C19H29N3O4S/c1-10-15-14(11(2)23)18(24)22(15)16(19(25)26)17(10)27-13-5-7-21(9-13)8-12-4-3-6-20-12/h10-15,20,23H,3-9H2,1-2H3,(H,25,26)/t10-,11-,12-,13-,14-,15-/m1/s1. The van der Waals surface area contributed by atoms with E-state index in [2.05, 4.69) is 10.2 Å². The maximum atomic E-state index is 12.4. The number of nitrogens with zero attached hydrogens (tertiary/aromatic N) is 2. The number of amides is 1. The Morgan fingerprint density at radius 1 is 1.41 bits per heavy atom. The molecule has 0 aromatic rings. The second kappa shape index (κ2) is 7.39. The minimum absolute atomic E-state index is 0.0380. The van der Waals surface area contributed by atoms with Gasteiger partial charge in [0, 0.05) is 35.2 Å². The van der Waals surface area contributed by atoms with Gasteiger partial charge in [-0.3, -0.25) is 4.79 Å². The summed E-state index contributed by atoms with van der Waals surface area (Å²) in [6.07, 6.45) is 2.78. The fourth-order valence-electron chi connectivity index (χ4n) is 5.14. The van der Waals surface area contributed by atoms with Crippen molar-refractivity contribution in [1.82, 2.24) is 15.1 Å². The molecule has 150 valence electrons. The van der Waals surface area contributed by atoms with Crippen LogP contribution >= 0.6 is 11.8 Å². The van der Waals surface area contributed by atoms with Gasteiger partial charge in [-0.05, 0) is 39.3 Å². The van der Waals surface area contributed by atoms with Crippen LogP contribution in [0.25, 0.3) is 0 Å². The maximum Gasteiger partial charge on any atom is 0.353 e. The molecule has 0 radical (unpaired) electrons. The zero-order valence-corrected chi connectivity index (χ0v) is 16.7. The van der Waals surface area contributed by atoms with Crippen molar-refractivity contribution in [3.05, 3.63) is 10.6 Å². The molecular formula is C19H29N3O4S. The molecule has 3 saturated heterocycles. The molecule has 3 fully saturated rings. The van der Waals surface area contributed by atoms with Gasteiger partial charge in [-0.15, -0.1) is 11.8 Å². The summed E-state index contributed by atoms with van der Waals surface area (Å²) in [6.45, 7) is 7.79. The van der Waals surface area contributed by atoms with Gasteiger partial charge in [0.25, 0.3) is 0 Å². The monoisotopic (exact) mass is 395 g/mol. The van der Waals surface area contributed by atoms with Gasteiger partial charge in [-0.2, -0.15) is 0 Å². The molecule has 0 saturated carbocycles. The van der Waals surface area contributed by atoms with Crippen LogP contribution in [-0.2, 0) is 9.59 Å². The van der Waals surface area contributed by atoms with E-state index in [1.807, 2.05) is 6.92 Å². The van der Waals surface area contributed by atoms with Crippen molar-refractivity contribution in [3.63, 3.8) is 0 Å². The van der Waals surface area contributed by atoms with E-state index in [0.29, 0.717) is 11.3 Å². The quantitative estimate of drug-likeness (QED) is 0.570. The van der Waals surface area contributed by atoms with Crippen molar-refractivity contribution < 1.29 is 19.8 Å². The minimum Gasteiger partial charge on any atom is -0.477 e. The number of aliphatic hydroxyl groups excluding tert-OH is 1. The van der Waals surface area contributed by atoms with Crippen LogP contribution < -0.4 is 5.32 Å². The Morgan fingerprint density at radius 3 is 2.81 bits per heavy atom. The number of hydrogen-bond acceptors (Lipinski definition) is 6. The third kappa shape index (κ3) is 3.30. The summed E-state index contributed by atoms with van der Waals surface area (Å²) in [4.78, 5) is 29.0. The summed E-state index contributed by atoms with van der Waals surface area (Å²) in [7, 11) is 0. The van der Waals surface area contributed by atoms with Gasteiger partial charge in [0.05, 0.1) is 18.1 Å². The Hall–Kier alpha value is -1.09. The average molecular weight is 396 g/mol. The number of carboxylic acids is 1. The first-order valence-electron chi connectivity index (χ1n) is 9.99. The van der Waals surface area contributed by atoms with Gasteiger partial charge >= 0.3 is 5.97 Å². The summed E-state index contributed by atoms with van der Waals surface area (Å²) in [6, 6.07) is 0.366. The van der Waals surface area contributed by atoms with Crippen LogP contribution in [0.4, 0.5) is 0 Å². The van der Waals surface area contributed by atoms with Crippen LogP contribution in [0.15, 0.2) is 10.6 Å². The van der Waals surface area contributed by atoms with Crippen LogP contribution in [0.1, 0.15) is 33.1 Å². The highest BCUT2D eigenvalue weighted by atomic mass is 32.2. The molecule has 0 aromatic heterocycles. The molecule has 4 rings (SSSR count). The van der Waals surface area contributed by atoms with E-state index in [1.165, 1.54) is 17.7 Å². The van der Waals surface area contributed by atoms with E-state index in [0.717, 1.165) is 37.5 Å². The molecule has 0 aliphatic carbocycles. The second-order valence-corrected chi connectivity index (χ2v) is 9.70. The second-order valence-electron chi connectivity index (χ2n) is 8.35. The van der Waals surface area contributed by atoms with Gasteiger partial charge in [0.1, 0.15) is 5.70 Å². The fourth-order valence-corrected chi connectivity index (χ4v) is 6.66. The molecule has 27 heavy (non-hydrogen) atoms. The number of aliphatic carboxylic acids is 1. The van der Waals surface area contributed by atoms with E-state index in [9.17, 15) is 19.8 Å². The van der Waals surface area contributed by atoms with E-state index in [4.69, 9.17) is 0 Å². The number of thioether (sulfide) groups is 1. The number of aliphatic hydroxyl groups is 1. The molecular weight excluding hydrogens is 366 g/mol. The number of fused-ring (bicyclic) bond motifs is 1. The molecule has 6 atom stereocenters. The maximum absolute atomic E-state index is 12.4. The molecule has 0 unspecified atom stereocenters. The van der Waals surface area contributed by atoms with Crippen LogP contribution in [0.3, 0.4) is 0 Å². The Kier molecular flexibility index (Phi) is 5.26. The van der Waals surface area contributed by atoms with E-state index in [1.54, 1.807) is 18.7 Å². The minimum atomic E-state index is -1.03. The molecule has 4 heterocycles. The van der Waals surface area contributed by atoms with Crippen molar-refractivity contribution in [2.75, 3.05) is 26.2 Å². The predicted molar refractivity (Wildman–Crippen MR) is 103 cm³/mol. The number of hydrogen-bond donors (Lipinski definition) is 3. The smallest absolute Gasteiger partial charge is 0.353 e. The molecule has 0 aromatic carbocycles. The van der Waals surface area contributed by atoms with Crippen LogP contribution in [0.5, 0.6) is 0 Å². The van der Waals surface area contributed by atoms with E-state index in [-0.39, 0.29) is 23.6 Å². The lowest BCUT2D eigenvalue weighted by Gasteiger charge is -2.46. The first-order valence-corrected chi connectivity index (χ1v) is 10.9. The zero-order chi connectivity index (χ0) is 19.3. The molecule has 4 aliphatic rings. The number of likely N-dealkylation sites (tertiary alicyclic amines) is 1. The molecule has 4 aliphatic heterocycles. The first-order chi connectivity index (χ1) is 12.9. The Labute approximate surface area is 164 Å². The summed E-state index contributed by atoms with van der Waals surface area (Å²) in [5.41, 5.74) is 0.148. The molecule has 0 bridgehead atoms. The Balaban J connectivity index is 1.45. The summed E-state index contributed by atoms with van der Waals surface area (Å²) < 4.78 is 0. The largest absolute Gasteiger partial charge is 0.477 e. The van der Waals surface area contributed by atoms with Crippen LogP contribution in [0.2, 0.25) is 0 Å². The topological polar surface area (TPSA) is 93.1 Å². The zero-order valence-electron chi connectivity index (χ0n) is 15.9. The lowest BCUT2D eigenvalue weighted by molar-refractivity contribution is -0.163. The lowest BCUT2D eigenvalue weighted by atomic mass is 9.79. The SMILES string of the molecule is C[C@@H](O)[C@H]1C(=O)N2C(C(=O)O)=C(S[C@@H]3CCN(C[C@H]4CCCN4)C3)[C@H](C)[C@H]12. The van der Waals surface area contributed by atoms with Gasteiger partial charge in [-0.25, -0.2) is 4.79 Å². The summed E-state index contributed by atoms with van der Waals surface area (Å²) in [5.74, 6) is -1.81. The third-order valence-corrected chi connectivity index (χ3v) is 8.01. The number of β-lactam (4-membered cyclic amide) rings is 1. The third-order valence-electron chi connectivity index (χ3n) is 6.47. The molecule has 3 N–H and O–H groups in total. The molecule has 8 heteroatoms. The van der Waals surface area contributed by atoms with Crippen molar-refractivity contribution in [2.45, 2.75) is 56.5 Å². The normalized spacial score (nSPS) is 37.7. The Morgan fingerprint density at radius 2 is 2.19 bits per heavy atom. The van der Waals surface area contributed by atoms with Crippen molar-refractivity contribution >= 4 is 23.6 Å². The fraction of sp³-hybridized carbons (Fsp3) is 0.789. The lowest BCUT2D eigenvalue weighted by Crippen LogP contribution is -2.63. The highest BCUT2D eigenvalue weighted by Gasteiger charge is 2.60. The summed E-state index contributed by atoms with van der Waals surface area (Å²) >= 11 is 1.65.